The summed E-state index contributed by atoms with van der Waals surface area (Å²) in [5, 5.41) is 2.16. The maximum absolute atomic E-state index is 6.41. The number of rotatable bonds is 6. The van der Waals surface area contributed by atoms with Crippen molar-refractivity contribution in [2.75, 3.05) is 5.73 Å². The molecule has 0 aliphatic heterocycles. The Morgan fingerprint density at radius 3 is 2.59 bits per heavy atom. The van der Waals surface area contributed by atoms with Gasteiger partial charge in [-0.1, -0.05) is 68.3 Å². The van der Waals surface area contributed by atoms with E-state index in [4.69, 9.17) is 10.7 Å². The fourth-order valence-corrected chi connectivity index (χ4v) is 3.54. The minimum Gasteiger partial charge on any atom is -0.398 e. The monoisotopic (exact) mass is 355 g/mol. The lowest BCUT2D eigenvalue weighted by molar-refractivity contribution is 0.709. The van der Waals surface area contributed by atoms with Crippen LogP contribution in [0.2, 0.25) is 0 Å². The number of unbranched alkanes of at least 4 members (excludes halogenated alkanes) is 2. The Labute approximate surface area is 159 Å². The van der Waals surface area contributed by atoms with Crippen LogP contribution in [0.15, 0.2) is 54.6 Å². The standard InChI is InChI=1S/C24H25N3/c1-2-3-5-10-19-16-21(25)23-20-15-18(12-11-17-8-6-4-7-9-17)13-14-22(20)27-24(23)26-19/h4,6-9,11-16H,2-3,5,10H2,1H3,(H3,25,26,27). The van der Waals surface area contributed by atoms with Crippen LogP contribution >= 0.6 is 0 Å². The summed E-state index contributed by atoms with van der Waals surface area (Å²) in [5.74, 6) is 0. The number of benzene rings is 2. The zero-order valence-corrected chi connectivity index (χ0v) is 15.7. The van der Waals surface area contributed by atoms with Gasteiger partial charge in [0.05, 0.1) is 0 Å². The molecule has 2 aromatic heterocycles. The van der Waals surface area contributed by atoms with Crippen LogP contribution < -0.4 is 5.73 Å². The molecule has 0 saturated heterocycles. The normalized spacial score (nSPS) is 11.7. The molecule has 3 nitrogen and oxygen atoms in total. The lowest BCUT2D eigenvalue weighted by Crippen LogP contribution is -1.95. The number of aryl methyl sites for hydroxylation is 1. The van der Waals surface area contributed by atoms with Gasteiger partial charge in [-0.15, -0.1) is 0 Å². The Hall–Kier alpha value is -3.07. The van der Waals surface area contributed by atoms with Gasteiger partial charge in [0.15, 0.2) is 0 Å². The van der Waals surface area contributed by atoms with Crippen molar-refractivity contribution >= 4 is 39.8 Å². The molecule has 2 heterocycles. The van der Waals surface area contributed by atoms with E-state index in [0.717, 1.165) is 51.7 Å². The topological polar surface area (TPSA) is 54.7 Å². The highest BCUT2D eigenvalue weighted by Gasteiger charge is 2.11. The maximum atomic E-state index is 6.41. The van der Waals surface area contributed by atoms with Crippen molar-refractivity contribution in [2.24, 2.45) is 0 Å². The van der Waals surface area contributed by atoms with Crippen LogP contribution in [0, 0.1) is 0 Å². The van der Waals surface area contributed by atoms with Gasteiger partial charge in [-0.05, 0) is 42.2 Å². The van der Waals surface area contributed by atoms with E-state index in [1.807, 2.05) is 24.3 Å². The molecule has 3 N–H and O–H groups in total. The van der Waals surface area contributed by atoms with Gasteiger partial charge in [-0.2, -0.15) is 0 Å². The summed E-state index contributed by atoms with van der Waals surface area (Å²) in [6, 6.07) is 18.8. The fraction of sp³-hybridized carbons (Fsp3) is 0.208. The number of aromatic amines is 1. The number of hydrogen-bond acceptors (Lipinski definition) is 2. The third-order valence-corrected chi connectivity index (χ3v) is 4.97. The molecule has 0 radical (unpaired) electrons. The Kier molecular flexibility index (Phi) is 4.93. The van der Waals surface area contributed by atoms with Crippen LogP contribution in [0.4, 0.5) is 5.69 Å². The molecule has 136 valence electrons. The van der Waals surface area contributed by atoms with E-state index in [-0.39, 0.29) is 0 Å². The Morgan fingerprint density at radius 2 is 1.78 bits per heavy atom. The van der Waals surface area contributed by atoms with E-state index < -0.39 is 0 Å². The first-order valence-corrected chi connectivity index (χ1v) is 9.68. The third-order valence-electron chi connectivity index (χ3n) is 4.97. The highest BCUT2D eigenvalue weighted by atomic mass is 14.9. The van der Waals surface area contributed by atoms with Crippen LogP contribution in [-0.4, -0.2) is 9.97 Å². The fourth-order valence-electron chi connectivity index (χ4n) is 3.54. The van der Waals surface area contributed by atoms with Crippen molar-refractivity contribution < 1.29 is 0 Å². The molecular formula is C24H25N3. The number of pyridine rings is 1. The van der Waals surface area contributed by atoms with Gasteiger partial charge in [0.25, 0.3) is 0 Å². The zero-order chi connectivity index (χ0) is 18.6. The van der Waals surface area contributed by atoms with E-state index >= 15 is 0 Å². The van der Waals surface area contributed by atoms with E-state index in [9.17, 15) is 0 Å². The Bertz CT molecular complexity index is 1090. The number of nitrogens with one attached hydrogen (secondary N) is 1. The number of nitrogen functional groups attached to an aromatic ring is 1. The minimum absolute atomic E-state index is 0.807. The lowest BCUT2D eigenvalue weighted by Gasteiger charge is -2.03. The molecule has 4 aromatic rings. The SMILES string of the molecule is CCCCCc1cc(N)c2c(n1)[nH]c1ccc(C=Cc3ccccc3)cc12. The lowest BCUT2D eigenvalue weighted by atomic mass is 10.1. The van der Waals surface area contributed by atoms with Crippen LogP contribution in [0.1, 0.15) is 43.0 Å². The van der Waals surface area contributed by atoms with Crippen molar-refractivity contribution in [2.45, 2.75) is 32.6 Å². The van der Waals surface area contributed by atoms with Gasteiger partial charge in [-0.25, -0.2) is 4.98 Å². The quantitative estimate of drug-likeness (QED) is 0.319. The van der Waals surface area contributed by atoms with Crippen molar-refractivity contribution in [3.8, 4) is 0 Å². The molecule has 0 aliphatic carbocycles. The number of fused-ring (bicyclic) bond motifs is 3. The molecule has 3 heteroatoms. The second-order valence-corrected chi connectivity index (χ2v) is 7.06. The largest absolute Gasteiger partial charge is 0.398 e. The van der Waals surface area contributed by atoms with Gasteiger partial charge in [0, 0.05) is 27.7 Å². The zero-order valence-electron chi connectivity index (χ0n) is 15.7. The van der Waals surface area contributed by atoms with Gasteiger partial charge < -0.3 is 10.7 Å². The van der Waals surface area contributed by atoms with Gasteiger partial charge in [0.1, 0.15) is 5.65 Å². The van der Waals surface area contributed by atoms with Crippen LogP contribution in [0.5, 0.6) is 0 Å². The van der Waals surface area contributed by atoms with Crippen molar-refractivity contribution in [3.05, 3.63) is 71.4 Å². The molecule has 0 amide bonds. The molecule has 0 saturated carbocycles. The predicted octanol–water partition coefficient (Wildman–Crippen LogP) is 6.20. The molecule has 0 atom stereocenters. The summed E-state index contributed by atoms with van der Waals surface area (Å²) in [7, 11) is 0. The van der Waals surface area contributed by atoms with Crippen molar-refractivity contribution in [1.29, 1.82) is 0 Å². The van der Waals surface area contributed by atoms with Gasteiger partial charge in [-0.3, -0.25) is 0 Å². The summed E-state index contributed by atoms with van der Waals surface area (Å²) in [4.78, 5) is 8.25. The Balaban J connectivity index is 1.70. The van der Waals surface area contributed by atoms with Crippen molar-refractivity contribution in [3.63, 3.8) is 0 Å². The molecule has 4 rings (SSSR count). The highest BCUT2D eigenvalue weighted by molar-refractivity contribution is 6.12. The number of anilines is 1. The summed E-state index contributed by atoms with van der Waals surface area (Å²) in [5.41, 5.74) is 12.6. The van der Waals surface area contributed by atoms with Gasteiger partial charge in [0.2, 0.25) is 0 Å². The second-order valence-electron chi connectivity index (χ2n) is 7.06. The van der Waals surface area contributed by atoms with E-state index in [1.54, 1.807) is 0 Å². The highest BCUT2D eigenvalue weighted by Crippen LogP contribution is 2.31. The van der Waals surface area contributed by atoms with Crippen LogP contribution in [-0.2, 0) is 6.42 Å². The molecule has 2 aromatic carbocycles. The smallest absolute Gasteiger partial charge is 0.140 e. The van der Waals surface area contributed by atoms with E-state index in [2.05, 4.69) is 54.4 Å². The number of nitrogens with zero attached hydrogens (tertiary/aromatic N) is 1. The first kappa shape index (κ1) is 17.3. The van der Waals surface area contributed by atoms with E-state index in [0.29, 0.717) is 0 Å². The first-order chi connectivity index (χ1) is 13.2. The molecular weight excluding hydrogens is 330 g/mol. The van der Waals surface area contributed by atoms with Crippen molar-refractivity contribution in [1.82, 2.24) is 9.97 Å². The third kappa shape index (κ3) is 3.72. The Morgan fingerprint density at radius 1 is 0.963 bits per heavy atom. The molecule has 0 fully saturated rings. The number of hydrogen-bond donors (Lipinski definition) is 2. The summed E-state index contributed by atoms with van der Waals surface area (Å²) in [6.45, 7) is 2.21. The number of H-pyrrole nitrogens is 1. The predicted molar refractivity (Wildman–Crippen MR) is 117 cm³/mol. The van der Waals surface area contributed by atoms with E-state index in [1.165, 1.54) is 18.4 Å². The minimum atomic E-state index is 0.807. The molecule has 0 bridgehead atoms. The molecule has 27 heavy (non-hydrogen) atoms. The number of aromatic nitrogens is 2. The average Bonchev–Trinajstić information content (AvgIpc) is 3.05. The van der Waals surface area contributed by atoms with Gasteiger partial charge >= 0.3 is 0 Å². The average molecular weight is 355 g/mol. The summed E-state index contributed by atoms with van der Waals surface area (Å²) in [6.07, 6.45) is 8.84. The maximum Gasteiger partial charge on any atom is 0.140 e. The molecule has 0 spiro atoms. The number of nitrogens with two attached hydrogens (primary N) is 1. The first-order valence-electron chi connectivity index (χ1n) is 9.68. The van der Waals surface area contributed by atoms with Crippen LogP contribution in [0.25, 0.3) is 34.1 Å². The van der Waals surface area contributed by atoms with Crippen LogP contribution in [0.3, 0.4) is 0 Å². The molecule has 0 aliphatic rings. The molecule has 0 unspecified atom stereocenters. The second kappa shape index (κ2) is 7.67. The summed E-state index contributed by atoms with van der Waals surface area (Å²) >= 11 is 0. The summed E-state index contributed by atoms with van der Waals surface area (Å²) < 4.78 is 0.